The summed E-state index contributed by atoms with van der Waals surface area (Å²) in [5.74, 6) is -1.02. The Labute approximate surface area is 167 Å². The number of likely N-dealkylation sites (tertiary alicyclic amines) is 1. The standard InChI is InChI=1S/C21H20ClF2N3O/c1-2-7-27-20(9-14-8-15(23)4-6-18(14)24)19(11-21(27)28)26-16-5-3-13(12-25)17(22)10-16/h3-6,8,10,19-20,26H,2,7,9,11H2,1H3/t19-,20?/m0/s1. The van der Waals surface area contributed by atoms with Crippen LogP contribution in [0.4, 0.5) is 14.5 Å². The van der Waals surface area contributed by atoms with E-state index >= 15 is 0 Å². The van der Waals surface area contributed by atoms with Crippen molar-refractivity contribution in [2.45, 2.75) is 38.3 Å². The van der Waals surface area contributed by atoms with Gasteiger partial charge < -0.3 is 10.2 Å². The molecular weight excluding hydrogens is 384 g/mol. The van der Waals surface area contributed by atoms with E-state index < -0.39 is 11.6 Å². The number of carbonyl (C=O) groups excluding carboxylic acids is 1. The minimum atomic E-state index is -0.508. The zero-order valence-corrected chi connectivity index (χ0v) is 16.1. The molecule has 1 saturated heterocycles. The second kappa shape index (κ2) is 8.57. The fourth-order valence-corrected chi connectivity index (χ4v) is 3.83. The highest BCUT2D eigenvalue weighted by Gasteiger charge is 2.39. The molecule has 0 aromatic heterocycles. The van der Waals surface area contributed by atoms with Crippen LogP contribution < -0.4 is 5.32 Å². The number of nitrogens with one attached hydrogen (secondary N) is 1. The zero-order chi connectivity index (χ0) is 20.3. The topological polar surface area (TPSA) is 56.1 Å². The Bertz CT molecular complexity index is 928. The second-order valence-corrected chi connectivity index (χ2v) is 7.26. The molecule has 1 fully saturated rings. The summed E-state index contributed by atoms with van der Waals surface area (Å²) in [5.41, 5.74) is 1.27. The van der Waals surface area contributed by atoms with Gasteiger partial charge in [0.2, 0.25) is 5.91 Å². The molecule has 0 spiro atoms. The summed E-state index contributed by atoms with van der Waals surface area (Å²) in [4.78, 5) is 14.3. The van der Waals surface area contributed by atoms with Crippen molar-refractivity contribution in [3.8, 4) is 6.07 Å². The molecule has 4 nitrogen and oxygen atoms in total. The van der Waals surface area contributed by atoms with Crippen molar-refractivity contribution in [2.75, 3.05) is 11.9 Å². The quantitative estimate of drug-likeness (QED) is 0.771. The van der Waals surface area contributed by atoms with Crippen molar-refractivity contribution in [2.24, 2.45) is 0 Å². The van der Waals surface area contributed by atoms with Gasteiger partial charge in [-0.15, -0.1) is 0 Å². The smallest absolute Gasteiger partial charge is 0.225 e. The number of halogens is 3. The molecule has 7 heteroatoms. The summed E-state index contributed by atoms with van der Waals surface area (Å²) < 4.78 is 27.8. The van der Waals surface area contributed by atoms with Crippen molar-refractivity contribution in [3.05, 3.63) is 64.2 Å². The van der Waals surface area contributed by atoms with Crippen molar-refractivity contribution < 1.29 is 13.6 Å². The van der Waals surface area contributed by atoms with Crippen LogP contribution in [-0.4, -0.2) is 29.4 Å². The lowest BCUT2D eigenvalue weighted by Gasteiger charge is -2.29. The Kier molecular flexibility index (Phi) is 6.15. The number of hydrogen-bond donors (Lipinski definition) is 1. The Balaban J connectivity index is 1.87. The Morgan fingerprint density at radius 1 is 1.29 bits per heavy atom. The zero-order valence-electron chi connectivity index (χ0n) is 15.4. The number of carbonyl (C=O) groups is 1. The van der Waals surface area contributed by atoms with Gasteiger partial charge in [0.25, 0.3) is 0 Å². The first-order valence-electron chi connectivity index (χ1n) is 9.12. The summed E-state index contributed by atoms with van der Waals surface area (Å²) >= 11 is 6.10. The van der Waals surface area contributed by atoms with Crippen LogP contribution in [0.5, 0.6) is 0 Å². The van der Waals surface area contributed by atoms with Crippen LogP contribution in [-0.2, 0) is 11.2 Å². The van der Waals surface area contributed by atoms with E-state index in [1.165, 1.54) is 6.07 Å². The number of nitrogens with zero attached hydrogens (tertiary/aromatic N) is 2. The van der Waals surface area contributed by atoms with E-state index in [-0.39, 0.29) is 36.4 Å². The van der Waals surface area contributed by atoms with E-state index in [0.717, 1.165) is 18.6 Å². The van der Waals surface area contributed by atoms with Crippen LogP contribution in [0.3, 0.4) is 0 Å². The molecule has 1 aliphatic rings. The molecule has 3 rings (SSSR count). The Morgan fingerprint density at radius 2 is 2.07 bits per heavy atom. The summed E-state index contributed by atoms with van der Waals surface area (Å²) in [6.07, 6.45) is 1.22. The normalized spacial score (nSPS) is 19.0. The Hall–Kier alpha value is -2.65. The lowest BCUT2D eigenvalue weighted by Crippen LogP contribution is -2.42. The van der Waals surface area contributed by atoms with Crippen LogP contribution >= 0.6 is 11.6 Å². The van der Waals surface area contributed by atoms with Crippen LogP contribution in [0.2, 0.25) is 5.02 Å². The average molecular weight is 404 g/mol. The average Bonchev–Trinajstić information content (AvgIpc) is 2.94. The molecular formula is C21H20ClF2N3O. The number of benzene rings is 2. The summed E-state index contributed by atoms with van der Waals surface area (Å²) in [6.45, 7) is 2.51. The largest absolute Gasteiger partial charge is 0.380 e. The van der Waals surface area contributed by atoms with Crippen molar-refractivity contribution >= 4 is 23.2 Å². The SMILES string of the molecule is CCCN1C(=O)C[C@H](Nc2ccc(C#N)c(Cl)c2)C1Cc1cc(F)ccc1F. The second-order valence-electron chi connectivity index (χ2n) is 6.86. The molecule has 0 saturated carbocycles. The van der Waals surface area contributed by atoms with Gasteiger partial charge in [-0.3, -0.25) is 4.79 Å². The van der Waals surface area contributed by atoms with Gasteiger partial charge in [-0.2, -0.15) is 5.26 Å². The van der Waals surface area contributed by atoms with Gasteiger partial charge in [-0.1, -0.05) is 18.5 Å². The molecule has 0 radical (unpaired) electrons. The maximum atomic E-state index is 14.2. The van der Waals surface area contributed by atoms with E-state index in [1.54, 1.807) is 23.1 Å². The molecule has 1 unspecified atom stereocenters. The van der Waals surface area contributed by atoms with Gasteiger partial charge in [0.15, 0.2) is 0 Å². The summed E-state index contributed by atoms with van der Waals surface area (Å²) in [5, 5.41) is 12.6. The lowest BCUT2D eigenvalue weighted by atomic mass is 9.99. The van der Waals surface area contributed by atoms with Crippen LogP contribution in [0.25, 0.3) is 0 Å². The lowest BCUT2D eigenvalue weighted by molar-refractivity contribution is -0.128. The highest BCUT2D eigenvalue weighted by Crippen LogP contribution is 2.29. The first-order valence-corrected chi connectivity index (χ1v) is 9.50. The predicted molar refractivity (Wildman–Crippen MR) is 104 cm³/mol. The van der Waals surface area contributed by atoms with Crippen molar-refractivity contribution in [3.63, 3.8) is 0 Å². The van der Waals surface area contributed by atoms with Gasteiger partial charge >= 0.3 is 0 Å². The summed E-state index contributed by atoms with van der Waals surface area (Å²) in [7, 11) is 0. The molecule has 0 bridgehead atoms. The van der Waals surface area contributed by atoms with Crippen LogP contribution in [0.15, 0.2) is 36.4 Å². The monoisotopic (exact) mass is 403 g/mol. The third-order valence-corrected chi connectivity index (χ3v) is 5.24. The van der Waals surface area contributed by atoms with Gasteiger partial charge in [-0.25, -0.2) is 8.78 Å². The van der Waals surface area contributed by atoms with E-state index in [2.05, 4.69) is 5.32 Å². The van der Waals surface area contributed by atoms with E-state index in [0.29, 0.717) is 22.8 Å². The number of nitriles is 1. The van der Waals surface area contributed by atoms with Crippen molar-refractivity contribution in [1.82, 2.24) is 4.90 Å². The van der Waals surface area contributed by atoms with E-state index in [9.17, 15) is 13.6 Å². The van der Waals surface area contributed by atoms with Gasteiger partial charge in [0.1, 0.15) is 17.7 Å². The minimum Gasteiger partial charge on any atom is -0.380 e. The molecule has 1 aliphatic heterocycles. The third-order valence-electron chi connectivity index (χ3n) is 4.92. The third kappa shape index (κ3) is 4.26. The van der Waals surface area contributed by atoms with E-state index in [4.69, 9.17) is 16.9 Å². The van der Waals surface area contributed by atoms with Gasteiger partial charge in [0, 0.05) is 18.7 Å². The highest BCUT2D eigenvalue weighted by molar-refractivity contribution is 6.32. The molecule has 2 aromatic carbocycles. The van der Waals surface area contributed by atoms with Gasteiger partial charge in [0.05, 0.1) is 22.7 Å². The summed E-state index contributed by atoms with van der Waals surface area (Å²) in [6, 6.07) is 9.71. The predicted octanol–water partition coefficient (Wildman–Crippen LogP) is 4.52. The fraction of sp³-hybridized carbons (Fsp3) is 0.333. The number of hydrogen-bond acceptors (Lipinski definition) is 3. The molecule has 0 aliphatic carbocycles. The Morgan fingerprint density at radius 3 is 2.75 bits per heavy atom. The first-order chi connectivity index (χ1) is 13.4. The fourth-order valence-electron chi connectivity index (χ4n) is 3.61. The first kappa shape index (κ1) is 20.1. The van der Waals surface area contributed by atoms with Crippen LogP contribution in [0.1, 0.15) is 30.9 Å². The van der Waals surface area contributed by atoms with E-state index in [1.807, 2.05) is 13.0 Å². The molecule has 2 aromatic rings. The molecule has 1 heterocycles. The number of amides is 1. The maximum absolute atomic E-state index is 14.2. The minimum absolute atomic E-state index is 0.0269. The van der Waals surface area contributed by atoms with Crippen molar-refractivity contribution in [1.29, 1.82) is 5.26 Å². The van der Waals surface area contributed by atoms with Crippen LogP contribution in [0, 0.1) is 23.0 Å². The molecule has 146 valence electrons. The molecule has 28 heavy (non-hydrogen) atoms. The molecule has 1 N–H and O–H groups in total. The molecule has 2 atom stereocenters. The highest BCUT2D eigenvalue weighted by atomic mass is 35.5. The maximum Gasteiger partial charge on any atom is 0.225 e. The van der Waals surface area contributed by atoms with Gasteiger partial charge in [-0.05, 0) is 54.8 Å². The number of anilines is 1. The number of rotatable bonds is 6. The molecule has 1 amide bonds.